The van der Waals surface area contributed by atoms with E-state index in [1.807, 2.05) is 31.2 Å². The number of ether oxygens (including phenoxy) is 2. The highest BCUT2D eigenvalue weighted by atomic mass is 19.1. The maximum atomic E-state index is 15.1. The number of rotatable bonds is 7. The molecule has 1 amide bonds. The van der Waals surface area contributed by atoms with Gasteiger partial charge < -0.3 is 9.47 Å². The zero-order valence-electron chi connectivity index (χ0n) is 19.8. The minimum Gasteiger partial charge on any atom is -0.494 e. The summed E-state index contributed by atoms with van der Waals surface area (Å²) in [4.78, 5) is 27.2. The first-order valence-corrected chi connectivity index (χ1v) is 11.7. The molecule has 2 heterocycles. The van der Waals surface area contributed by atoms with E-state index in [1.54, 1.807) is 49.4 Å². The van der Waals surface area contributed by atoms with Crippen LogP contribution in [-0.4, -0.2) is 35.3 Å². The van der Waals surface area contributed by atoms with E-state index in [2.05, 4.69) is 10.2 Å². The lowest BCUT2D eigenvalue weighted by Crippen LogP contribution is -2.30. The third-order valence-electron chi connectivity index (χ3n) is 6.06. The lowest BCUT2D eigenvalue weighted by molar-refractivity contribution is 0.0526. The smallest absolute Gasteiger partial charge is 0.338 e. The summed E-state index contributed by atoms with van der Waals surface area (Å²) in [7, 11) is 0. The highest BCUT2D eigenvalue weighted by molar-refractivity contribution is 6.12. The molecule has 0 aliphatic carbocycles. The molecule has 5 rings (SSSR count). The standard InChI is InChI=1S/C28H24FN3O4/c1-3-35-20-15-11-17(12-16-20)24-23-25(31-30-24)27(33)32(26(23)21-7-5-6-8-22(21)29)19-13-9-18(10-14-19)28(34)36-4-2/h5-16,26H,3-4H2,1-2H3,(H,30,31)/t26-/m1/s1. The van der Waals surface area contributed by atoms with Crippen LogP contribution in [-0.2, 0) is 4.74 Å². The Bertz CT molecular complexity index is 1410. The maximum absolute atomic E-state index is 15.1. The molecule has 0 unspecified atom stereocenters. The first-order valence-electron chi connectivity index (χ1n) is 11.7. The van der Waals surface area contributed by atoms with E-state index in [9.17, 15) is 9.59 Å². The van der Waals surface area contributed by atoms with Gasteiger partial charge >= 0.3 is 5.97 Å². The molecule has 8 heteroatoms. The molecule has 0 saturated heterocycles. The van der Waals surface area contributed by atoms with Crippen LogP contribution in [0.15, 0.2) is 72.8 Å². The minimum absolute atomic E-state index is 0.260. The van der Waals surface area contributed by atoms with E-state index in [4.69, 9.17) is 9.47 Å². The fraction of sp³-hybridized carbons (Fsp3) is 0.179. The lowest BCUT2D eigenvalue weighted by Gasteiger charge is -2.27. The predicted octanol–water partition coefficient (Wildman–Crippen LogP) is 5.54. The van der Waals surface area contributed by atoms with E-state index in [-0.39, 0.29) is 12.5 Å². The second-order valence-electron chi connectivity index (χ2n) is 8.18. The Kier molecular flexibility index (Phi) is 6.25. The van der Waals surface area contributed by atoms with Crippen LogP contribution in [0.3, 0.4) is 0 Å². The van der Waals surface area contributed by atoms with Crippen LogP contribution >= 0.6 is 0 Å². The highest BCUT2D eigenvalue weighted by Gasteiger charge is 2.44. The van der Waals surface area contributed by atoms with Gasteiger partial charge in [0.2, 0.25) is 0 Å². The molecule has 1 aliphatic heterocycles. The highest BCUT2D eigenvalue weighted by Crippen LogP contribution is 2.45. The molecule has 182 valence electrons. The number of anilines is 1. The largest absolute Gasteiger partial charge is 0.494 e. The van der Waals surface area contributed by atoms with Crippen LogP contribution in [0.2, 0.25) is 0 Å². The van der Waals surface area contributed by atoms with Gasteiger partial charge in [0.05, 0.1) is 30.5 Å². The van der Waals surface area contributed by atoms with E-state index in [1.165, 1.54) is 11.0 Å². The maximum Gasteiger partial charge on any atom is 0.338 e. The number of halogens is 1. The molecular weight excluding hydrogens is 461 g/mol. The normalized spacial score (nSPS) is 14.6. The Morgan fingerprint density at radius 1 is 1.00 bits per heavy atom. The number of nitrogens with one attached hydrogen (secondary N) is 1. The fourth-order valence-corrected chi connectivity index (χ4v) is 4.47. The second-order valence-corrected chi connectivity index (χ2v) is 8.18. The zero-order chi connectivity index (χ0) is 25.2. The van der Waals surface area contributed by atoms with Crippen LogP contribution < -0.4 is 9.64 Å². The first-order chi connectivity index (χ1) is 17.5. The molecule has 0 fully saturated rings. The molecule has 1 aromatic heterocycles. The first kappa shape index (κ1) is 23.3. The van der Waals surface area contributed by atoms with Gasteiger partial charge in [0.1, 0.15) is 17.3 Å². The summed E-state index contributed by atoms with van der Waals surface area (Å²) in [5, 5.41) is 7.30. The van der Waals surface area contributed by atoms with Gasteiger partial charge in [0, 0.05) is 22.4 Å². The van der Waals surface area contributed by atoms with Gasteiger partial charge in [-0.2, -0.15) is 5.10 Å². The summed E-state index contributed by atoms with van der Waals surface area (Å²) in [6.45, 7) is 4.45. The van der Waals surface area contributed by atoms with Crippen LogP contribution in [0.25, 0.3) is 11.3 Å². The van der Waals surface area contributed by atoms with Crippen molar-refractivity contribution in [2.24, 2.45) is 0 Å². The van der Waals surface area contributed by atoms with Crippen molar-refractivity contribution in [3.63, 3.8) is 0 Å². The summed E-state index contributed by atoms with van der Waals surface area (Å²) in [5.41, 5.74) is 3.43. The minimum atomic E-state index is -0.762. The Morgan fingerprint density at radius 3 is 2.39 bits per heavy atom. The fourth-order valence-electron chi connectivity index (χ4n) is 4.47. The average molecular weight is 486 g/mol. The third kappa shape index (κ3) is 4.00. The number of fused-ring (bicyclic) bond motifs is 1. The van der Waals surface area contributed by atoms with Crippen LogP contribution in [0.4, 0.5) is 10.1 Å². The number of hydrogen-bond acceptors (Lipinski definition) is 5. The van der Waals surface area contributed by atoms with Crippen LogP contribution in [0, 0.1) is 5.82 Å². The van der Waals surface area contributed by atoms with Gasteiger partial charge in [-0.1, -0.05) is 18.2 Å². The molecule has 1 aliphatic rings. The van der Waals surface area contributed by atoms with Crippen molar-refractivity contribution < 1.29 is 23.5 Å². The number of H-pyrrole nitrogens is 1. The van der Waals surface area contributed by atoms with Crippen molar-refractivity contribution >= 4 is 17.6 Å². The van der Waals surface area contributed by atoms with Crippen LogP contribution in [0.1, 0.15) is 51.9 Å². The van der Waals surface area contributed by atoms with Gasteiger partial charge in [-0.25, -0.2) is 9.18 Å². The molecule has 0 saturated carbocycles. The molecule has 36 heavy (non-hydrogen) atoms. The summed E-state index contributed by atoms with van der Waals surface area (Å²) in [5.74, 6) is -0.505. The van der Waals surface area contributed by atoms with Crippen molar-refractivity contribution in [3.05, 3.63) is 101 Å². The molecule has 0 radical (unpaired) electrons. The van der Waals surface area contributed by atoms with Crippen molar-refractivity contribution in [1.82, 2.24) is 10.2 Å². The molecule has 0 spiro atoms. The number of esters is 1. The second kappa shape index (κ2) is 9.65. The lowest BCUT2D eigenvalue weighted by atomic mass is 9.95. The summed E-state index contributed by atoms with van der Waals surface area (Å²) in [6.07, 6.45) is 0. The average Bonchev–Trinajstić information content (AvgIpc) is 3.44. The van der Waals surface area contributed by atoms with E-state index in [0.29, 0.717) is 40.4 Å². The molecule has 1 N–H and O–H groups in total. The van der Waals surface area contributed by atoms with Gasteiger partial charge in [-0.05, 0) is 68.4 Å². The number of carbonyl (C=O) groups is 2. The quantitative estimate of drug-likeness (QED) is 0.348. The molecule has 0 bridgehead atoms. The Balaban J connectivity index is 1.61. The SMILES string of the molecule is CCOC(=O)c1ccc(N2C(=O)c3[nH]nc(-c4ccc(OCC)cc4)c3[C@H]2c2ccccc2F)cc1. The number of nitrogens with zero attached hydrogens (tertiary/aromatic N) is 2. The van der Waals surface area contributed by atoms with Gasteiger partial charge in [0.25, 0.3) is 5.91 Å². The van der Waals surface area contributed by atoms with Gasteiger partial charge in [0.15, 0.2) is 0 Å². The third-order valence-corrected chi connectivity index (χ3v) is 6.06. The van der Waals surface area contributed by atoms with Crippen molar-refractivity contribution in [1.29, 1.82) is 0 Å². The Morgan fingerprint density at radius 2 is 1.72 bits per heavy atom. The zero-order valence-corrected chi connectivity index (χ0v) is 19.8. The Labute approximate surface area is 207 Å². The van der Waals surface area contributed by atoms with E-state index < -0.39 is 17.8 Å². The number of hydrogen-bond donors (Lipinski definition) is 1. The molecule has 3 aromatic carbocycles. The van der Waals surface area contributed by atoms with Crippen molar-refractivity contribution in [2.45, 2.75) is 19.9 Å². The van der Waals surface area contributed by atoms with Crippen molar-refractivity contribution in [2.75, 3.05) is 18.1 Å². The molecular formula is C28H24FN3O4. The molecule has 7 nitrogen and oxygen atoms in total. The number of benzene rings is 3. The Hall–Kier alpha value is -4.46. The number of aromatic amines is 1. The number of carbonyl (C=O) groups excluding carboxylic acids is 2. The monoisotopic (exact) mass is 485 g/mol. The molecule has 4 aromatic rings. The van der Waals surface area contributed by atoms with Gasteiger partial charge in [-0.15, -0.1) is 0 Å². The summed E-state index contributed by atoms with van der Waals surface area (Å²) in [6, 6.07) is 19.5. The summed E-state index contributed by atoms with van der Waals surface area (Å²) < 4.78 is 25.7. The predicted molar refractivity (Wildman–Crippen MR) is 133 cm³/mol. The van der Waals surface area contributed by atoms with Crippen molar-refractivity contribution in [3.8, 4) is 17.0 Å². The molecule has 1 atom stereocenters. The van der Waals surface area contributed by atoms with E-state index >= 15 is 4.39 Å². The number of aromatic nitrogens is 2. The van der Waals surface area contributed by atoms with E-state index in [0.717, 1.165) is 11.3 Å². The van der Waals surface area contributed by atoms with Crippen LogP contribution in [0.5, 0.6) is 5.75 Å². The van der Waals surface area contributed by atoms with Gasteiger partial charge in [-0.3, -0.25) is 14.8 Å². The summed E-state index contributed by atoms with van der Waals surface area (Å²) >= 11 is 0. The number of amides is 1. The topological polar surface area (TPSA) is 84.5 Å².